The summed E-state index contributed by atoms with van der Waals surface area (Å²) in [5.41, 5.74) is 2.46. The van der Waals surface area contributed by atoms with Crippen LogP contribution in [0.4, 0.5) is 0 Å². The molecule has 2 aliphatic rings. The average Bonchev–Trinajstić information content (AvgIpc) is 2.93. The molecule has 2 aromatic heterocycles. The topological polar surface area (TPSA) is 88.9 Å². The summed E-state index contributed by atoms with van der Waals surface area (Å²) in [4.78, 5) is 43.7. The lowest BCUT2D eigenvalue weighted by atomic mass is 10.00. The van der Waals surface area contributed by atoms with Crippen molar-refractivity contribution in [1.82, 2.24) is 24.8 Å². The van der Waals surface area contributed by atoms with E-state index in [1.54, 1.807) is 13.0 Å². The lowest BCUT2D eigenvalue weighted by molar-refractivity contribution is -0.140. The van der Waals surface area contributed by atoms with Crippen molar-refractivity contribution in [1.29, 1.82) is 0 Å². The van der Waals surface area contributed by atoms with Crippen molar-refractivity contribution in [2.24, 2.45) is 0 Å². The second-order valence-corrected chi connectivity index (χ2v) is 6.39. The third-order valence-electron chi connectivity index (χ3n) is 4.47. The van der Waals surface area contributed by atoms with E-state index >= 15 is 0 Å². The van der Waals surface area contributed by atoms with Gasteiger partial charge in [0.1, 0.15) is 16.5 Å². The predicted octanol–water partition coefficient (Wildman–Crippen LogP) is 2.66. The monoisotopic (exact) mass is 367 g/mol. The van der Waals surface area contributed by atoms with Gasteiger partial charge in [0.15, 0.2) is 0 Å². The van der Waals surface area contributed by atoms with E-state index in [0.717, 1.165) is 6.42 Å². The molecule has 0 saturated carbocycles. The average molecular weight is 368 g/mol. The zero-order valence-corrected chi connectivity index (χ0v) is 14.6. The standard InChI is InChI=1S/C18H14ClN5O2/c1-10(24-17(25)11-4-2-3-5-12(11)18(24)26)15-16(21-7-6-20-15)13-8-23-14(19)9-22-13/h2,4,6-10H,3,5H2,1H3. The maximum absolute atomic E-state index is 12.8. The zero-order chi connectivity index (χ0) is 18.3. The minimum absolute atomic E-state index is 0.263. The van der Waals surface area contributed by atoms with Gasteiger partial charge in [-0.3, -0.25) is 24.5 Å². The molecule has 130 valence electrons. The number of hydrogen-bond donors (Lipinski definition) is 0. The molecule has 7 nitrogen and oxygen atoms in total. The lowest BCUT2D eigenvalue weighted by Crippen LogP contribution is -2.35. The Labute approximate surface area is 154 Å². The van der Waals surface area contributed by atoms with E-state index in [4.69, 9.17) is 11.6 Å². The fourth-order valence-corrected chi connectivity index (χ4v) is 3.31. The first-order valence-electron chi connectivity index (χ1n) is 8.14. The Hall–Kier alpha value is -2.93. The van der Waals surface area contributed by atoms with Crippen molar-refractivity contribution in [3.8, 4) is 11.4 Å². The second kappa shape index (κ2) is 6.42. The van der Waals surface area contributed by atoms with Gasteiger partial charge < -0.3 is 0 Å². The van der Waals surface area contributed by atoms with Crippen molar-refractivity contribution in [2.75, 3.05) is 0 Å². The number of carbonyl (C=O) groups excluding carboxylic acids is 2. The molecule has 26 heavy (non-hydrogen) atoms. The highest BCUT2D eigenvalue weighted by Gasteiger charge is 2.41. The molecule has 8 heteroatoms. The molecule has 3 heterocycles. The first-order chi connectivity index (χ1) is 12.6. The van der Waals surface area contributed by atoms with Crippen LogP contribution >= 0.6 is 11.6 Å². The number of imide groups is 1. The first kappa shape index (κ1) is 16.5. The smallest absolute Gasteiger partial charge is 0.261 e. The summed E-state index contributed by atoms with van der Waals surface area (Å²) in [6.45, 7) is 1.76. The molecule has 1 aliphatic carbocycles. The Balaban J connectivity index is 1.73. The molecule has 0 spiro atoms. The summed E-state index contributed by atoms with van der Waals surface area (Å²) in [6.07, 6.45) is 10.9. The van der Waals surface area contributed by atoms with Gasteiger partial charge in [-0.05, 0) is 19.8 Å². The zero-order valence-electron chi connectivity index (χ0n) is 13.9. The van der Waals surface area contributed by atoms with Gasteiger partial charge in [-0.25, -0.2) is 9.97 Å². The van der Waals surface area contributed by atoms with E-state index in [2.05, 4.69) is 19.9 Å². The van der Waals surface area contributed by atoms with Crippen LogP contribution in [-0.4, -0.2) is 36.7 Å². The van der Waals surface area contributed by atoms with Crippen molar-refractivity contribution >= 4 is 23.4 Å². The van der Waals surface area contributed by atoms with Gasteiger partial charge in [-0.1, -0.05) is 23.8 Å². The van der Waals surface area contributed by atoms with Crippen molar-refractivity contribution < 1.29 is 9.59 Å². The normalized spacial score (nSPS) is 17.7. The van der Waals surface area contributed by atoms with Crippen LogP contribution in [0.1, 0.15) is 31.5 Å². The lowest BCUT2D eigenvalue weighted by Gasteiger charge is -2.24. The Morgan fingerprint density at radius 3 is 2.62 bits per heavy atom. The van der Waals surface area contributed by atoms with Crippen LogP contribution in [0.15, 0.2) is 48.1 Å². The molecule has 0 aromatic carbocycles. The summed E-state index contributed by atoms with van der Waals surface area (Å²) >= 11 is 5.79. The molecule has 4 rings (SSSR count). The molecule has 0 fully saturated rings. The quantitative estimate of drug-likeness (QED) is 0.775. The van der Waals surface area contributed by atoms with Crippen LogP contribution in [0, 0.1) is 0 Å². The third kappa shape index (κ3) is 2.61. The SMILES string of the molecule is CC(c1nccnc1-c1cnc(Cl)cn1)N1C(=O)C2=C(CCC=C2)C1=O. The fraction of sp³-hybridized carbons (Fsp3) is 0.222. The number of hydrogen-bond acceptors (Lipinski definition) is 6. The third-order valence-corrected chi connectivity index (χ3v) is 4.66. The Morgan fingerprint density at radius 1 is 1.08 bits per heavy atom. The molecule has 0 N–H and O–H groups in total. The summed E-state index contributed by atoms with van der Waals surface area (Å²) in [5, 5.41) is 0.265. The summed E-state index contributed by atoms with van der Waals surface area (Å²) in [7, 11) is 0. The van der Waals surface area contributed by atoms with Crippen LogP contribution in [0.2, 0.25) is 5.15 Å². The van der Waals surface area contributed by atoms with E-state index in [1.807, 2.05) is 6.08 Å². The number of aromatic nitrogens is 4. The van der Waals surface area contributed by atoms with Crippen LogP contribution in [0.25, 0.3) is 11.4 Å². The summed E-state index contributed by atoms with van der Waals surface area (Å²) < 4.78 is 0. The minimum Gasteiger partial charge on any atom is -0.269 e. The van der Waals surface area contributed by atoms with Crippen LogP contribution in [0.3, 0.4) is 0 Å². The van der Waals surface area contributed by atoms with Crippen LogP contribution in [-0.2, 0) is 9.59 Å². The van der Waals surface area contributed by atoms with Gasteiger partial charge in [0.2, 0.25) is 0 Å². The maximum atomic E-state index is 12.8. The first-order valence-corrected chi connectivity index (χ1v) is 8.52. The molecule has 1 atom stereocenters. The highest BCUT2D eigenvalue weighted by Crippen LogP contribution is 2.36. The molecule has 0 bridgehead atoms. The van der Waals surface area contributed by atoms with Gasteiger partial charge in [0.05, 0.1) is 24.1 Å². The molecule has 2 amide bonds. The van der Waals surface area contributed by atoms with Gasteiger partial charge in [0, 0.05) is 23.5 Å². The van der Waals surface area contributed by atoms with E-state index in [-0.39, 0.29) is 17.0 Å². The number of rotatable bonds is 3. The molecule has 1 aliphatic heterocycles. The Bertz CT molecular complexity index is 968. The van der Waals surface area contributed by atoms with Crippen molar-refractivity contribution in [2.45, 2.75) is 25.8 Å². The van der Waals surface area contributed by atoms with E-state index in [0.29, 0.717) is 34.6 Å². The Morgan fingerprint density at radius 2 is 1.88 bits per heavy atom. The molecule has 2 aromatic rings. The van der Waals surface area contributed by atoms with Crippen LogP contribution < -0.4 is 0 Å². The second-order valence-electron chi connectivity index (χ2n) is 6.00. The summed E-state index contributed by atoms with van der Waals surface area (Å²) in [6, 6.07) is -0.588. The molecular weight excluding hydrogens is 354 g/mol. The number of nitrogens with zero attached hydrogens (tertiary/aromatic N) is 5. The van der Waals surface area contributed by atoms with Crippen molar-refractivity contribution in [3.05, 3.63) is 58.9 Å². The fourth-order valence-electron chi connectivity index (χ4n) is 3.21. The number of amides is 2. The molecule has 1 unspecified atom stereocenters. The number of allylic oxidation sites excluding steroid dienone is 1. The van der Waals surface area contributed by atoms with Gasteiger partial charge in [0.25, 0.3) is 11.8 Å². The van der Waals surface area contributed by atoms with Crippen LogP contribution in [0.5, 0.6) is 0 Å². The van der Waals surface area contributed by atoms with Crippen molar-refractivity contribution in [3.63, 3.8) is 0 Å². The van der Waals surface area contributed by atoms with E-state index < -0.39 is 6.04 Å². The predicted molar refractivity (Wildman–Crippen MR) is 93.7 cm³/mol. The van der Waals surface area contributed by atoms with Gasteiger partial charge >= 0.3 is 0 Å². The highest BCUT2D eigenvalue weighted by atomic mass is 35.5. The molecule has 0 radical (unpaired) electrons. The largest absolute Gasteiger partial charge is 0.269 e. The van der Waals surface area contributed by atoms with E-state index in [9.17, 15) is 9.59 Å². The molecule has 0 saturated heterocycles. The van der Waals surface area contributed by atoms with Gasteiger partial charge in [-0.2, -0.15) is 0 Å². The number of halogens is 1. The minimum atomic E-state index is -0.588. The molecular formula is C18H14ClN5O2. The van der Waals surface area contributed by atoms with Gasteiger partial charge in [-0.15, -0.1) is 0 Å². The number of carbonyl (C=O) groups is 2. The Kier molecular flexibility index (Phi) is 4.08. The summed E-state index contributed by atoms with van der Waals surface area (Å²) in [5.74, 6) is -0.562. The highest BCUT2D eigenvalue weighted by molar-refractivity contribution is 6.29. The van der Waals surface area contributed by atoms with E-state index in [1.165, 1.54) is 29.7 Å². The maximum Gasteiger partial charge on any atom is 0.261 e.